The van der Waals surface area contributed by atoms with Crippen LogP contribution in [0, 0.1) is 0 Å². The van der Waals surface area contributed by atoms with Crippen molar-refractivity contribution in [2.75, 3.05) is 6.54 Å². The van der Waals surface area contributed by atoms with Crippen molar-refractivity contribution < 1.29 is 0 Å². The van der Waals surface area contributed by atoms with E-state index >= 15 is 0 Å². The van der Waals surface area contributed by atoms with Crippen LogP contribution >= 0.6 is 23.1 Å². The lowest BCUT2D eigenvalue weighted by Crippen LogP contribution is -2.19. The van der Waals surface area contributed by atoms with Crippen LogP contribution in [0.2, 0.25) is 0 Å². The minimum absolute atomic E-state index is 0.688. The Hall–Kier alpha value is -0.550. The van der Waals surface area contributed by atoms with Gasteiger partial charge in [0, 0.05) is 10.6 Å². The first-order chi connectivity index (χ1) is 7.38. The lowest BCUT2D eigenvalue weighted by Gasteiger charge is -2.06. The van der Waals surface area contributed by atoms with Gasteiger partial charge in [0.2, 0.25) is 0 Å². The molecule has 0 aromatic carbocycles. The molecule has 0 amide bonds. The van der Waals surface area contributed by atoms with Gasteiger partial charge in [0.25, 0.3) is 0 Å². The summed E-state index contributed by atoms with van der Waals surface area (Å²) in [6.07, 6.45) is 2.50. The van der Waals surface area contributed by atoms with Gasteiger partial charge >= 0.3 is 0 Å². The van der Waals surface area contributed by atoms with E-state index in [4.69, 9.17) is 0 Å². The van der Waals surface area contributed by atoms with E-state index in [1.807, 2.05) is 17.3 Å². The number of nitrogens with one attached hydrogen (secondary N) is 1. The largest absolute Gasteiger partial charge is 0.359 e. The average Bonchev–Trinajstić information content (AvgIpc) is 2.85. The fraction of sp³-hybridized carbons (Fsp3) is 0.600. The Labute approximate surface area is 98.4 Å². The minimum Gasteiger partial charge on any atom is -0.359 e. The van der Waals surface area contributed by atoms with Crippen molar-refractivity contribution in [2.45, 2.75) is 31.6 Å². The van der Waals surface area contributed by atoms with E-state index in [1.165, 1.54) is 12.8 Å². The number of thioether (sulfide) groups is 1. The third-order valence-electron chi connectivity index (χ3n) is 2.23. The maximum atomic E-state index is 4.48. The summed E-state index contributed by atoms with van der Waals surface area (Å²) >= 11 is 3.50. The van der Waals surface area contributed by atoms with Crippen molar-refractivity contribution in [3.05, 3.63) is 16.6 Å². The summed E-state index contributed by atoms with van der Waals surface area (Å²) in [7, 11) is 0. The maximum Gasteiger partial charge on any atom is 0.157 e. The molecule has 1 N–H and O–H groups in total. The van der Waals surface area contributed by atoms with Crippen LogP contribution in [0.5, 0.6) is 0 Å². The van der Waals surface area contributed by atoms with Gasteiger partial charge in [-0.15, -0.1) is 11.3 Å². The number of rotatable bonds is 4. The highest BCUT2D eigenvalue weighted by Crippen LogP contribution is 2.23. The Morgan fingerprint density at radius 1 is 1.60 bits per heavy atom. The van der Waals surface area contributed by atoms with Gasteiger partial charge in [-0.25, -0.2) is 4.98 Å². The second-order valence-corrected chi connectivity index (χ2v) is 5.52. The quantitative estimate of drug-likeness (QED) is 0.880. The zero-order valence-corrected chi connectivity index (χ0v) is 10.4. The highest BCUT2D eigenvalue weighted by Gasteiger charge is 2.18. The van der Waals surface area contributed by atoms with Crippen LogP contribution in [-0.4, -0.2) is 21.9 Å². The third-order valence-corrected chi connectivity index (χ3v) is 4.08. The molecule has 15 heavy (non-hydrogen) atoms. The zero-order chi connectivity index (χ0) is 10.5. The molecule has 2 heterocycles. The standard InChI is InChI=1S/C10H15N3S2/c1-2-3-9-5-12-10(15-9)11-4-8-6-14-7-13-8/h6-7,9H,2-5H2,1H3,(H,11,12). The molecule has 1 atom stereocenters. The highest BCUT2D eigenvalue weighted by molar-refractivity contribution is 8.14. The number of aromatic nitrogens is 1. The first-order valence-corrected chi connectivity index (χ1v) is 7.02. The summed E-state index contributed by atoms with van der Waals surface area (Å²) in [5.41, 5.74) is 2.96. The summed E-state index contributed by atoms with van der Waals surface area (Å²) in [5, 5.41) is 7.17. The molecule has 5 heteroatoms. The summed E-state index contributed by atoms with van der Waals surface area (Å²) in [6.45, 7) is 3.99. The number of thiazole rings is 1. The predicted octanol–water partition coefficient (Wildman–Crippen LogP) is 2.50. The number of aliphatic imine (C=N–C) groups is 1. The second-order valence-electron chi connectivity index (χ2n) is 3.51. The smallest absolute Gasteiger partial charge is 0.157 e. The van der Waals surface area contributed by atoms with E-state index in [-0.39, 0.29) is 0 Å². The van der Waals surface area contributed by atoms with Crippen LogP contribution in [0.4, 0.5) is 0 Å². The Kier molecular flexibility index (Phi) is 4.02. The molecule has 1 aromatic heterocycles. The molecule has 0 bridgehead atoms. The number of amidine groups is 1. The molecule has 0 fully saturated rings. The number of nitrogens with zero attached hydrogens (tertiary/aromatic N) is 2. The molecular weight excluding hydrogens is 226 g/mol. The van der Waals surface area contributed by atoms with Crippen molar-refractivity contribution in [1.29, 1.82) is 0 Å². The molecule has 0 saturated heterocycles. The fourth-order valence-electron chi connectivity index (χ4n) is 1.48. The van der Waals surface area contributed by atoms with Crippen LogP contribution in [0.1, 0.15) is 25.5 Å². The van der Waals surface area contributed by atoms with Crippen molar-refractivity contribution in [2.24, 2.45) is 4.99 Å². The van der Waals surface area contributed by atoms with Crippen molar-refractivity contribution in [3.8, 4) is 0 Å². The van der Waals surface area contributed by atoms with E-state index in [0.717, 1.165) is 24.0 Å². The molecule has 82 valence electrons. The van der Waals surface area contributed by atoms with E-state index in [2.05, 4.69) is 27.6 Å². The number of hydrogen-bond donors (Lipinski definition) is 1. The molecule has 3 nitrogen and oxygen atoms in total. The van der Waals surface area contributed by atoms with Crippen LogP contribution in [0.3, 0.4) is 0 Å². The van der Waals surface area contributed by atoms with Crippen LogP contribution in [-0.2, 0) is 6.54 Å². The lowest BCUT2D eigenvalue weighted by molar-refractivity contribution is 0.753. The van der Waals surface area contributed by atoms with E-state index < -0.39 is 0 Å². The minimum atomic E-state index is 0.688. The lowest BCUT2D eigenvalue weighted by atomic mass is 10.2. The van der Waals surface area contributed by atoms with Crippen molar-refractivity contribution in [1.82, 2.24) is 10.3 Å². The average molecular weight is 241 g/mol. The third kappa shape index (κ3) is 3.21. The van der Waals surface area contributed by atoms with Gasteiger partial charge in [0.15, 0.2) is 5.17 Å². The van der Waals surface area contributed by atoms with Gasteiger partial charge in [-0.2, -0.15) is 0 Å². The zero-order valence-electron chi connectivity index (χ0n) is 8.77. The van der Waals surface area contributed by atoms with Gasteiger partial charge in [-0.3, -0.25) is 4.99 Å². The monoisotopic (exact) mass is 241 g/mol. The van der Waals surface area contributed by atoms with Gasteiger partial charge in [0.05, 0.1) is 24.3 Å². The van der Waals surface area contributed by atoms with Crippen LogP contribution in [0.15, 0.2) is 15.9 Å². The topological polar surface area (TPSA) is 37.3 Å². The molecule has 1 unspecified atom stereocenters. The molecule has 2 rings (SSSR count). The normalized spacial score (nSPS) is 20.3. The Morgan fingerprint density at radius 3 is 3.27 bits per heavy atom. The molecule has 1 aromatic rings. The van der Waals surface area contributed by atoms with Crippen LogP contribution < -0.4 is 5.32 Å². The molecule has 0 aliphatic carbocycles. The summed E-state index contributed by atoms with van der Waals surface area (Å²) < 4.78 is 0. The Morgan fingerprint density at radius 2 is 2.53 bits per heavy atom. The summed E-state index contributed by atoms with van der Waals surface area (Å²) in [5.74, 6) is 0. The molecular formula is C10H15N3S2. The Balaban J connectivity index is 1.73. The molecule has 1 aliphatic heterocycles. The molecule has 0 spiro atoms. The van der Waals surface area contributed by atoms with Gasteiger partial charge in [-0.1, -0.05) is 25.1 Å². The van der Waals surface area contributed by atoms with Crippen LogP contribution in [0.25, 0.3) is 0 Å². The first kappa shape index (κ1) is 11.0. The summed E-state index contributed by atoms with van der Waals surface area (Å²) in [6, 6.07) is 0. The molecule has 0 saturated carbocycles. The van der Waals surface area contributed by atoms with Gasteiger partial charge < -0.3 is 5.32 Å². The predicted molar refractivity (Wildman–Crippen MR) is 67.5 cm³/mol. The van der Waals surface area contributed by atoms with Gasteiger partial charge in [0.1, 0.15) is 0 Å². The van der Waals surface area contributed by atoms with Crippen molar-refractivity contribution in [3.63, 3.8) is 0 Å². The van der Waals surface area contributed by atoms with E-state index in [9.17, 15) is 0 Å². The number of hydrogen-bond acceptors (Lipinski definition) is 5. The first-order valence-electron chi connectivity index (χ1n) is 5.20. The van der Waals surface area contributed by atoms with Gasteiger partial charge in [-0.05, 0) is 6.42 Å². The SMILES string of the molecule is CCCC1CN=C(NCc2cscn2)S1. The molecule has 0 radical (unpaired) electrons. The highest BCUT2D eigenvalue weighted by atomic mass is 32.2. The molecule has 1 aliphatic rings. The van der Waals surface area contributed by atoms with Crippen molar-refractivity contribution >= 4 is 28.3 Å². The maximum absolute atomic E-state index is 4.48. The van der Waals surface area contributed by atoms with E-state index in [1.54, 1.807) is 11.3 Å². The van der Waals surface area contributed by atoms with E-state index in [0.29, 0.717) is 5.25 Å². The second kappa shape index (κ2) is 5.51. The Bertz CT molecular complexity index is 321. The summed E-state index contributed by atoms with van der Waals surface area (Å²) in [4.78, 5) is 8.70. The fourth-order valence-corrected chi connectivity index (χ4v) is 3.16.